The molecule has 1 fully saturated rings. The summed E-state index contributed by atoms with van der Waals surface area (Å²) in [6.45, 7) is 8.99. The first kappa shape index (κ1) is 24.4. The van der Waals surface area contributed by atoms with Crippen LogP contribution in [-0.2, 0) is 24.1 Å². The number of ether oxygens (including phenoxy) is 1. The van der Waals surface area contributed by atoms with E-state index < -0.39 is 6.10 Å². The summed E-state index contributed by atoms with van der Waals surface area (Å²) in [6, 6.07) is 8.49. The predicted molar refractivity (Wildman–Crippen MR) is 135 cm³/mol. The average Bonchev–Trinajstić information content (AvgIpc) is 2.84. The lowest BCUT2D eigenvalue weighted by molar-refractivity contribution is 0.0845. The summed E-state index contributed by atoms with van der Waals surface area (Å²) in [6.07, 6.45) is 7.31. The van der Waals surface area contributed by atoms with Crippen LogP contribution in [0.15, 0.2) is 36.4 Å². The first-order chi connectivity index (χ1) is 16.5. The standard InChI is InChI=1S/C28H37N3O3/c1-4-31(22-13-15-34-16-14-22)27-10-6-9-25-24(27)8-5-7-23(32)12-11-21-17-19(2)30-20(3)26(21)18-29-28(25)33/h5-7,9-10,17,22-23,32H,4,8,11-16,18H2,1-3H3,(H,29,33)/b7-5+. The molecule has 34 heavy (non-hydrogen) atoms. The summed E-state index contributed by atoms with van der Waals surface area (Å²) in [7, 11) is 0. The van der Waals surface area contributed by atoms with Crippen LogP contribution in [0.1, 0.15) is 64.6 Å². The van der Waals surface area contributed by atoms with E-state index in [1.165, 1.54) is 0 Å². The number of aromatic nitrogens is 1. The Kier molecular flexibility index (Phi) is 8.01. The highest BCUT2D eigenvalue weighted by molar-refractivity contribution is 5.97. The van der Waals surface area contributed by atoms with Crippen LogP contribution in [0.2, 0.25) is 0 Å². The molecule has 4 rings (SSSR count). The number of fused-ring (bicyclic) bond motifs is 2. The Hall–Kier alpha value is -2.70. The molecule has 1 amide bonds. The van der Waals surface area contributed by atoms with Crippen molar-refractivity contribution in [2.75, 3.05) is 24.7 Å². The van der Waals surface area contributed by atoms with Gasteiger partial charge in [-0.2, -0.15) is 0 Å². The third-order valence-electron chi connectivity index (χ3n) is 7.04. The zero-order valence-corrected chi connectivity index (χ0v) is 20.6. The quantitative estimate of drug-likeness (QED) is 0.672. The Balaban J connectivity index is 1.72. The van der Waals surface area contributed by atoms with Crippen molar-refractivity contribution in [1.82, 2.24) is 10.3 Å². The minimum Gasteiger partial charge on any atom is -0.389 e. The second kappa shape index (κ2) is 11.2. The molecule has 2 aliphatic heterocycles. The van der Waals surface area contributed by atoms with E-state index >= 15 is 0 Å². The molecule has 2 aromatic rings. The molecular weight excluding hydrogens is 426 g/mol. The van der Waals surface area contributed by atoms with Crippen LogP contribution in [0.5, 0.6) is 0 Å². The van der Waals surface area contributed by atoms with Crippen LogP contribution in [0.4, 0.5) is 5.69 Å². The summed E-state index contributed by atoms with van der Waals surface area (Å²) in [5.74, 6) is -0.0704. The molecule has 6 nitrogen and oxygen atoms in total. The molecule has 0 radical (unpaired) electrons. The fourth-order valence-corrected chi connectivity index (χ4v) is 5.30. The highest BCUT2D eigenvalue weighted by Crippen LogP contribution is 2.30. The molecule has 0 aliphatic carbocycles. The van der Waals surface area contributed by atoms with Crippen LogP contribution >= 0.6 is 0 Å². The van der Waals surface area contributed by atoms with Crippen LogP contribution < -0.4 is 10.2 Å². The number of rotatable bonds is 3. The third-order valence-corrected chi connectivity index (χ3v) is 7.04. The SMILES string of the molecule is CCN(c1cccc2c1C/C=C/C(O)CCc1cc(C)nc(C)c1CNC2=O)C1CCOCC1. The van der Waals surface area contributed by atoms with Crippen molar-refractivity contribution in [3.05, 3.63) is 70.1 Å². The van der Waals surface area contributed by atoms with Gasteiger partial charge in [0.1, 0.15) is 0 Å². The second-order valence-electron chi connectivity index (χ2n) is 9.34. The third kappa shape index (κ3) is 5.50. The van der Waals surface area contributed by atoms with Gasteiger partial charge in [0, 0.05) is 55.0 Å². The molecule has 2 N–H and O–H groups in total. The maximum absolute atomic E-state index is 13.5. The zero-order chi connectivity index (χ0) is 24.1. The van der Waals surface area contributed by atoms with Crippen LogP contribution in [0.3, 0.4) is 0 Å². The molecule has 1 atom stereocenters. The van der Waals surface area contributed by atoms with Crippen LogP contribution in [0, 0.1) is 13.8 Å². The number of anilines is 1. The van der Waals surface area contributed by atoms with E-state index in [-0.39, 0.29) is 5.91 Å². The molecule has 2 aliphatic rings. The lowest BCUT2D eigenvalue weighted by Gasteiger charge is -2.37. The summed E-state index contributed by atoms with van der Waals surface area (Å²) in [4.78, 5) is 20.5. The number of nitrogens with one attached hydrogen (secondary N) is 1. The molecule has 1 unspecified atom stereocenters. The van der Waals surface area contributed by atoms with Crippen molar-refractivity contribution in [3.63, 3.8) is 0 Å². The van der Waals surface area contributed by atoms with E-state index in [9.17, 15) is 9.90 Å². The summed E-state index contributed by atoms with van der Waals surface area (Å²) in [5, 5.41) is 13.8. The van der Waals surface area contributed by atoms with E-state index in [1.807, 2.05) is 38.1 Å². The first-order valence-corrected chi connectivity index (χ1v) is 12.5. The molecule has 1 aromatic carbocycles. The predicted octanol–water partition coefficient (Wildman–Crippen LogP) is 4.04. The first-order valence-electron chi connectivity index (χ1n) is 12.5. The van der Waals surface area contributed by atoms with Gasteiger partial charge in [0.05, 0.1) is 6.10 Å². The molecule has 1 aromatic heterocycles. The molecule has 6 heteroatoms. The van der Waals surface area contributed by atoms with Gasteiger partial charge in [-0.1, -0.05) is 18.2 Å². The van der Waals surface area contributed by atoms with E-state index in [0.29, 0.717) is 31.0 Å². The Morgan fingerprint density at radius 2 is 1.97 bits per heavy atom. The van der Waals surface area contributed by atoms with Gasteiger partial charge < -0.3 is 20.1 Å². The lowest BCUT2D eigenvalue weighted by Crippen LogP contribution is -2.40. The molecule has 0 spiro atoms. The number of aliphatic hydroxyl groups excluding tert-OH is 1. The molecular formula is C28H37N3O3. The Morgan fingerprint density at radius 3 is 2.74 bits per heavy atom. The smallest absolute Gasteiger partial charge is 0.251 e. The normalized spacial score (nSPS) is 20.7. The van der Waals surface area contributed by atoms with Crippen molar-refractivity contribution in [1.29, 1.82) is 0 Å². The highest BCUT2D eigenvalue weighted by atomic mass is 16.5. The van der Waals surface area contributed by atoms with Crippen LogP contribution in [0.25, 0.3) is 0 Å². The largest absolute Gasteiger partial charge is 0.389 e. The van der Waals surface area contributed by atoms with Crippen molar-refractivity contribution in [2.45, 2.75) is 71.6 Å². The number of pyridine rings is 1. The lowest BCUT2D eigenvalue weighted by atomic mass is 9.97. The van der Waals surface area contributed by atoms with Gasteiger partial charge in [-0.25, -0.2) is 0 Å². The fraction of sp³-hybridized carbons (Fsp3) is 0.500. The number of nitrogens with zero attached hydrogens (tertiary/aromatic N) is 2. The average molecular weight is 464 g/mol. The minimum atomic E-state index is -0.528. The Labute approximate surface area is 203 Å². The number of carbonyl (C=O) groups is 1. The van der Waals surface area contributed by atoms with Gasteiger partial charge >= 0.3 is 0 Å². The van der Waals surface area contributed by atoms with Gasteiger partial charge in [-0.05, 0) is 87.8 Å². The molecule has 0 saturated carbocycles. The van der Waals surface area contributed by atoms with Crippen molar-refractivity contribution in [2.24, 2.45) is 0 Å². The number of aryl methyl sites for hydroxylation is 3. The fourth-order valence-electron chi connectivity index (χ4n) is 5.30. The maximum atomic E-state index is 13.5. The van der Waals surface area contributed by atoms with Crippen molar-refractivity contribution < 1.29 is 14.6 Å². The Bertz CT molecular complexity index is 1040. The summed E-state index contributed by atoms with van der Waals surface area (Å²) in [5.41, 5.74) is 6.88. The van der Waals surface area contributed by atoms with Crippen molar-refractivity contribution in [3.8, 4) is 0 Å². The van der Waals surface area contributed by atoms with E-state index in [1.54, 1.807) is 0 Å². The highest BCUT2D eigenvalue weighted by Gasteiger charge is 2.25. The van der Waals surface area contributed by atoms with E-state index in [0.717, 1.165) is 72.8 Å². The molecule has 182 valence electrons. The molecule has 0 bridgehead atoms. The number of hydrogen-bond acceptors (Lipinski definition) is 5. The number of allylic oxidation sites excluding steroid dienone is 1. The van der Waals surface area contributed by atoms with Gasteiger partial charge in [0.25, 0.3) is 5.91 Å². The van der Waals surface area contributed by atoms with Gasteiger partial charge in [-0.3, -0.25) is 9.78 Å². The molecule has 1 saturated heterocycles. The minimum absolute atomic E-state index is 0.0704. The maximum Gasteiger partial charge on any atom is 0.251 e. The summed E-state index contributed by atoms with van der Waals surface area (Å²) >= 11 is 0. The van der Waals surface area contributed by atoms with E-state index in [2.05, 4.69) is 34.3 Å². The number of hydrogen-bond donors (Lipinski definition) is 2. The number of aliphatic hydroxyl groups is 1. The number of benzene rings is 1. The monoisotopic (exact) mass is 463 g/mol. The summed E-state index contributed by atoms with van der Waals surface area (Å²) < 4.78 is 5.59. The zero-order valence-electron chi connectivity index (χ0n) is 20.6. The van der Waals surface area contributed by atoms with Gasteiger partial charge in [0.2, 0.25) is 0 Å². The van der Waals surface area contributed by atoms with Gasteiger partial charge in [0.15, 0.2) is 0 Å². The van der Waals surface area contributed by atoms with E-state index in [4.69, 9.17) is 4.74 Å². The molecule has 3 heterocycles. The second-order valence-corrected chi connectivity index (χ2v) is 9.34. The number of amides is 1. The Morgan fingerprint density at radius 1 is 1.18 bits per heavy atom. The number of carbonyl (C=O) groups excluding carboxylic acids is 1. The van der Waals surface area contributed by atoms with Crippen LogP contribution in [-0.4, -0.2) is 47.9 Å². The van der Waals surface area contributed by atoms with Crippen molar-refractivity contribution >= 4 is 11.6 Å². The topological polar surface area (TPSA) is 74.7 Å². The van der Waals surface area contributed by atoms with Gasteiger partial charge in [-0.15, -0.1) is 0 Å².